The van der Waals surface area contributed by atoms with Gasteiger partial charge in [-0.15, -0.1) is 0 Å². The van der Waals surface area contributed by atoms with E-state index in [-0.39, 0.29) is 5.54 Å². The first-order valence-electron chi connectivity index (χ1n) is 6.40. The summed E-state index contributed by atoms with van der Waals surface area (Å²) in [5, 5.41) is 0. The van der Waals surface area contributed by atoms with Crippen LogP contribution in [0.25, 0.3) is 0 Å². The highest BCUT2D eigenvalue weighted by Crippen LogP contribution is 2.10. The molecule has 0 aromatic heterocycles. The summed E-state index contributed by atoms with van der Waals surface area (Å²) in [6.45, 7) is 8.43. The van der Waals surface area contributed by atoms with Gasteiger partial charge in [-0.2, -0.15) is 0 Å². The Hall–Kier alpha value is -0.860. The Kier molecular flexibility index (Phi) is 5.16. The van der Waals surface area contributed by atoms with E-state index in [0.717, 1.165) is 25.9 Å². The van der Waals surface area contributed by atoms with E-state index in [1.165, 1.54) is 11.1 Å². The van der Waals surface area contributed by atoms with Crippen molar-refractivity contribution < 1.29 is 0 Å². The molecule has 0 atom stereocenters. The molecule has 0 heterocycles. The van der Waals surface area contributed by atoms with Crippen molar-refractivity contribution in [1.82, 2.24) is 4.90 Å². The maximum Gasteiger partial charge on any atom is 0.0230 e. The average Bonchev–Trinajstić information content (AvgIpc) is 2.19. The summed E-state index contributed by atoms with van der Waals surface area (Å²) in [5.41, 5.74) is 8.64. The van der Waals surface area contributed by atoms with Crippen LogP contribution in [0.15, 0.2) is 24.3 Å². The SMILES string of the molecule is Cc1ccc(CN(C)CCCC(C)(C)N)cc1. The minimum atomic E-state index is -0.0370. The van der Waals surface area contributed by atoms with Crippen molar-refractivity contribution in [3.05, 3.63) is 35.4 Å². The van der Waals surface area contributed by atoms with Gasteiger partial charge in [-0.25, -0.2) is 0 Å². The van der Waals surface area contributed by atoms with Crippen LogP contribution in [0.1, 0.15) is 37.8 Å². The number of hydrogen-bond donors (Lipinski definition) is 1. The molecular weight excluding hydrogens is 208 g/mol. The highest BCUT2D eigenvalue weighted by atomic mass is 15.1. The fourth-order valence-corrected chi connectivity index (χ4v) is 1.89. The number of rotatable bonds is 6. The van der Waals surface area contributed by atoms with Gasteiger partial charge < -0.3 is 10.6 Å². The topological polar surface area (TPSA) is 29.3 Å². The minimum absolute atomic E-state index is 0.0370. The second-order valence-electron chi connectivity index (χ2n) is 5.82. The molecule has 0 unspecified atom stereocenters. The van der Waals surface area contributed by atoms with Crippen LogP contribution < -0.4 is 5.73 Å². The van der Waals surface area contributed by atoms with Gasteiger partial charge in [0, 0.05) is 12.1 Å². The van der Waals surface area contributed by atoms with Crippen LogP contribution in [0.2, 0.25) is 0 Å². The number of nitrogens with two attached hydrogens (primary N) is 1. The summed E-state index contributed by atoms with van der Waals surface area (Å²) in [4.78, 5) is 2.36. The Bertz CT molecular complexity index is 322. The van der Waals surface area contributed by atoms with Crippen LogP contribution in [0.4, 0.5) is 0 Å². The van der Waals surface area contributed by atoms with Gasteiger partial charge in [0.1, 0.15) is 0 Å². The van der Waals surface area contributed by atoms with E-state index < -0.39 is 0 Å². The zero-order chi connectivity index (χ0) is 12.9. The highest BCUT2D eigenvalue weighted by Gasteiger charge is 2.10. The summed E-state index contributed by atoms with van der Waals surface area (Å²) in [6, 6.07) is 8.76. The molecule has 1 aromatic carbocycles. The van der Waals surface area contributed by atoms with Crippen LogP contribution in [-0.2, 0) is 6.54 Å². The molecule has 0 fully saturated rings. The Morgan fingerprint density at radius 2 is 1.76 bits per heavy atom. The molecule has 0 saturated heterocycles. The molecule has 17 heavy (non-hydrogen) atoms. The Balaban J connectivity index is 2.30. The van der Waals surface area contributed by atoms with Crippen molar-refractivity contribution in [3.63, 3.8) is 0 Å². The summed E-state index contributed by atoms with van der Waals surface area (Å²) in [6.07, 6.45) is 2.23. The predicted octanol–water partition coefficient (Wildman–Crippen LogP) is 2.94. The largest absolute Gasteiger partial charge is 0.326 e. The van der Waals surface area contributed by atoms with E-state index in [1.807, 2.05) is 0 Å². The van der Waals surface area contributed by atoms with Crippen molar-refractivity contribution in [2.75, 3.05) is 13.6 Å². The lowest BCUT2D eigenvalue weighted by Gasteiger charge is -2.21. The minimum Gasteiger partial charge on any atom is -0.326 e. The van der Waals surface area contributed by atoms with Gasteiger partial charge in [-0.05, 0) is 52.8 Å². The van der Waals surface area contributed by atoms with E-state index in [9.17, 15) is 0 Å². The molecule has 0 saturated carbocycles. The molecule has 0 aliphatic heterocycles. The van der Waals surface area contributed by atoms with Crippen molar-refractivity contribution in [3.8, 4) is 0 Å². The summed E-state index contributed by atoms with van der Waals surface area (Å²) >= 11 is 0. The van der Waals surface area contributed by atoms with Crippen LogP contribution in [0.5, 0.6) is 0 Å². The lowest BCUT2D eigenvalue weighted by atomic mass is 10.00. The molecule has 0 aliphatic carbocycles. The molecule has 0 amide bonds. The van der Waals surface area contributed by atoms with Gasteiger partial charge in [0.05, 0.1) is 0 Å². The standard InChI is InChI=1S/C15H26N2/c1-13-6-8-14(9-7-13)12-17(4)11-5-10-15(2,3)16/h6-9H,5,10-12,16H2,1-4H3. The van der Waals surface area contributed by atoms with Crippen molar-refractivity contribution >= 4 is 0 Å². The maximum atomic E-state index is 5.97. The van der Waals surface area contributed by atoms with E-state index >= 15 is 0 Å². The molecule has 2 N–H and O–H groups in total. The van der Waals surface area contributed by atoms with Crippen molar-refractivity contribution in [1.29, 1.82) is 0 Å². The number of hydrogen-bond acceptors (Lipinski definition) is 2. The lowest BCUT2D eigenvalue weighted by molar-refractivity contribution is 0.303. The smallest absolute Gasteiger partial charge is 0.0230 e. The zero-order valence-electron chi connectivity index (χ0n) is 11.7. The van der Waals surface area contributed by atoms with Gasteiger partial charge >= 0.3 is 0 Å². The molecule has 1 aromatic rings. The van der Waals surface area contributed by atoms with E-state index in [1.54, 1.807) is 0 Å². The molecule has 2 nitrogen and oxygen atoms in total. The van der Waals surface area contributed by atoms with Gasteiger partial charge in [-0.3, -0.25) is 0 Å². The van der Waals surface area contributed by atoms with Crippen molar-refractivity contribution in [2.24, 2.45) is 5.73 Å². The van der Waals surface area contributed by atoms with Crippen LogP contribution >= 0.6 is 0 Å². The monoisotopic (exact) mass is 234 g/mol. The maximum absolute atomic E-state index is 5.97. The second kappa shape index (κ2) is 6.18. The quantitative estimate of drug-likeness (QED) is 0.820. The summed E-state index contributed by atoms with van der Waals surface area (Å²) in [7, 11) is 2.17. The number of benzene rings is 1. The Morgan fingerprint density at radius 3 is 2.29 bits per heavy atom. The molecule has 0 aliphatic rings. The molecule has 2 heteroatoms. The van der Waals surface area contributed by atoms with Gasteiger partial charge in [0.15, 0.2) is 0 Å². The van der Waals surface area contributed by atoms with Crippen molar-refractivity contribution in [2.45, 2.75) is 45.7 Å². The first-order chi connectivity index (χ1) is 7.87. The van der Waals surface area contributed by atoms with Gasteiger partial charge in [-0.1, -0.05) is 29.8 Å². The third-order valence-corrected chi connectivity index (χ3v) is 2.93. The fraction of sp³-hybridized carbons (Fsp3) is 0.600. The fourth-order valence-electron chi connectivity index (χ4n) is 1.89. The van der Waals surface area contributed by atoms with Crippen LogP contribution in [-0.4, -0.2) is 24.0 Å². The summed E-state index contributed by atoms with van der Waals surface area (Å²) in [5.74, 6) is 0. The number of nitrogens with zero attached hydrogens (tertiary/aromatic N) is 1. The zero-order valence-corrected chi connectivity index (χ0v) is 11.7. The predicted molar refractivity (Wildman–Crippen MR) is 75.0 cm³/mol. The average molecular weight is 234 g/mol. The molecule has 0 radical (unpaired) electrons. The lowest BCUT2D eigenvalue weighted by Crippen LogP contribution is -2.33. The Morgan fingerprint density at radius 1 is 1.18 bits per heavy atom. The third-order valence-electron chi connectivity index (χ3n) is 2.93. The van der Waals surface area contributed by atoms with E-state index in [4.69, 9.17) is 5.73 Å². The van der Waals surface area contributed by atoms with E-state index in [2.05, 4.69) is 57.0 Å². The normalized spacial score (nSPS) is 12.1. The molecule has 1 rings (SSSR count). The number of aryl methyl sites for hydroxylation is 1. The molecule has 0 spiro atoms. The summed E-state index contributed by atoms with van der Waals surface area (Å²) < 4.78 is 0. The molecular formula is C15H26N2. The van der Waals surface area contributed by atoms with Crippen LogP contribution in [0, 0.1) is 6.92 Å². The second-order valence-corrected chi connectivity index (χ2v) is 5.82. The van der Waals surface area contributed by atoms with E-state index in [0.29, 0.717) is 0 Å². The van der Waals surface area contributed by atoms with Crippen LogP contribution in [0.3, 0.4) is 0 Å². The Labute approximate surface area is 106 Å². The third kappa shape index (κ3) is 6.44. The highest BCUT2D eigenvalue weighted by molar-refractivity contribution is 5.21. The van der Waals surface area contributed by atoms with Gasteiger partial charge in [0.2, 0.25) is 0 Å². The first-order valence-corrected chi connectivity index (χ1v) is 6.40. The first kappa shape index (κ1) is 14.2. The molecule has 0 bridgehead atoms. The molecule has 96 valence electrons. The van der Waals surface area contributed by atoms with Gasteiger partial charge in [0.25, 0.3) is 0 Å².